The van der Waals surface area contributed by atoms with Gasteiger partial charge in [0.15, 0.2) is 0 Å². The Morgan fingerprint density at radius 1 is 1.50 bits per heavy atom. The number of nitrogens with zero attached hydrogens (tertiary/aromatic N) is 3. The van der Waals surface area contributed by atoms with Gasteiger partial charge in [-0.2, -0.15) is 0 Å². The van der Waals surface area contributed by atoms with Crippen molar-refractivity contribution in [1.29, 1.82) is 0 Å². The van der Waals surface area contributed by atoms with E-state index in [1.54, 1.807) is 11.2 Å². The monoisotopic (exact) mass is 271 g/mol. The van der Waals surface area contributed by atoms with Crippen LogP contribution in [0.5, 0.6) is 0 Å². The maximum atomic E-state index is 11.9. The molecule has 1 unspecified atom stereocenters. The molecule has 0 N–H and O–H groups in total. The van der Waals surface area contributed by atoms with Gasteiger partial charge in [0.25, 0.3) is 0 Å². The Morgan fingerprint density at radius 2 is 2.22 bits per heavy atom. The van der Waals surface area contributed by atoms with Crippen LogP contribution in [0.1, 0.15) is 37.2 Å². The minimum Gasteiger partial charge on any atom is -0.337 e. The molecule has 2 rings (SSSR count). The summed E-state index contributed by atoms with van der Waals surface area (Å²) < 4.78 is 27.5. The zero-order valence-corrected chi connectivity index (χ0v) is 12.1. The van der Waals surface area contributed by atoms with Crippen molar-refractivity contribution >= 4 is 10.0 Å². The average Bonchev–Trinajstić information content (AvgIpc) is 2.69. The van der Waals surface area contributed by atoms with Crippen LogP contribution in [0.4, 0.5) is 0 Å². The van der Waals surface area contributed by atoms with Gasteiger partial charge >= 0.3 is 0 Å². The topological polar surface area (TPSA) is 55.2 Å². The van der Waals surface area contributed by atoms with Crippen molar-refractivity contribution < 1.29 is 8.42 Å². The van der Waals surface area contributed by atoms with Gasteiger partial charge in [-0.3, -0.25) is 0 Å². The van der Waals surface area contributed by atoms with Gasteiger partial charge in [0.05, 0.1) is 11.4 Å². The highest BCUT2D eigenvalue weighted by atomic mass is 32.2. The molecule has 0 aliphatic carbocycles. The Labute approximate surface area is 109 Å². The molecule has 0 radical (unpaired) electrons. The van der Waals surface area contributed by atoms with Crippen molar-refractivity contribution in [2.24, 2.45) is 7.05 Å². The fourth-order valence-electron chi connectivity index (χ4n) is 2.60. The highest BCUT2D eigenvalue weighted by Gasteiger charge is 2.30. The molecule has 0 spiro atoms. The molecular formula is C12H21N3O2S. The first-order chi connectivity index (χ1) is 8.44. The van der Waals surface area contributed by atoms with Crippen LogP contribution in [0.15, 0.2) is 6.20 Å². The highest BCUT2D eigenvalue weighted by Crippen LogP contribution is 2.27. The molecule has 5 nitrogen and oxygen atoms in total. The minimum atomic E-state index is -3.07. The van der Waals surface area contributed by atoms with Crippen LogP contribution >= 0.6 is 0 Å². The van der Waals surface area contributed by atoms with E-state index in [9.17, 15) is 8.42 Å². The molecule has 1 aliphatic heterocycles. The van der Waals surface area contributed by atoms with E-state index in [4.69, 9.17) is 0 Å². The summed E-state index contributed by atoms with van der Waals surface area (Å²) in [6.45, 7) is 4.88. The van der Waals surface area contributed by atoms with Gasteiger partial charge in [0.2, 0.25) is 10.0 Å². The molecule has 0 saturated carbocycles. The van der Waals surface area contributed by atoms with Gasteiger partial charge in [-0.1, -0.05) is 0 Å². The number of imidazole rings is 1. The zero-order valence-electron chi connectivity index (χ0n) is 11.3. The average molecular weight is 271 g/mol. The first kappa shape index (κ1) is 13.5. The van der Waals surface area contributed by atoms with Crippen LogP contribution in [0.25, 0.3) is 0 Å². The quantitative estimate of drug-likeness (QED) is 0.831. The molecule has 102 valence electrons. The van der Waals surface area contributed by atoms with E-state index in [1.165, 1.54) is 0 Å². The molecular weight excluding hydrogens is 250 g/mol. The van der Waals surface area contributed by atoms with Crippen LogP contribution in [0.3, 0.4) is 0 Å². The number of rotatable bonds is 3. The lowest BCUT2D eigenvalue weighted by Gasteiger charge is -2.31. The van der Waals surface area contributed by atoms with Crippen molar-refractivity contribution in [2.45, 2.75) is 32.6 Å². The Bertz CT molecular complexity index is 521. The predicted octanol–water partition coefficient (Wildman–Crippen LogP) is 1.26. The van der Waals surface area contributed by atoms with Crippen molar-refractivity contribution in [1.82, 2.24) is 13.9 Å². The van der Waals surface area contributed by atoms with E-state index in [0.29, 0.717) is 13.1 Å². The second kappa shape index (κ2) is 5.01. The van der Waals surface area contributed by atoms with Gasteiger partial charge in [-0.25, -0.2) is 17.7 Å². The standard InChI is InChI=1S/C12H21N3O2S/c1-4-18(16,17)15-7-5-6-11(9-15)12-13-10(2)8-14(12)3/h8,11H,4-7,9H2,1-3H3. The summed E-state index contributed by atoms with van der Waals surface area (Å²) in [6, 6.07) is 0. The summed E-state index contributed by atoms with van der Waals surface area (Å²) in [5.74, 6) is 1.40. The van der Waals surface area contributed by atoms with Crippen LogP contribution < -0.4 is 0 Å². The smallest absolute Gasteiger partial charge is 0.213 e. The van der Waals surface area contributed by atoms with Crippen molar-refractivity contribution in [3.05, 3.63) is 17.7 Å². The van der Waals surface area contributed by atoms with E-state index in [-0.39, 0.29) is 11.7 Å². The SMILES string of the molecule is CCS(=O)(=O)N1CCCC(c2nc(C)cn2C)C1. The van der Waals surface area contributed by atoms with Crippen molar-refractivity contribution in [3.8, 4) is 0 Å². The second-order valence-corrected chi connectivity index (χ2v) is 7.21. The number of piperidine rings is 1. The molecule has 1 aliphatic rings. The molecule has 6 heteroatoms. The lowest BCUT2D eigenvalue weighted by molar-refractivity contribution is 0.306. The fourth-order valence-corrected chi connectivity index (χ4v) is 3.78. The first-order valence-corrected chi connectivity index (χ1v) is 8.02. The minimum absolute atomic E-state index is 0.180. The summed E-state index contributed by atoms with van der Waals surface area (Å²) >= 11 is 0. The molecule has 1 atom stereocenters. The Kier molecular flexibility index (Phi) is 3.77. The van der Waals surface area contributed by atoms with Gasteiger partial charge < -0.3 is 4.57 Å². The first-order valence-electron chi connectivity index (χ1n) is 6.41. The Balaban J connectivity index is 2.19. The number of aromatic nitrogens is 2. The van der Waals surface area contributed by atoms with Crippen LogP contribution in [-0.4, -0.2) is 41.1 Å². The molecule has 0 bridgehead atoms. The lowest BCUT2D eigenvalue weighted by atomic mass is 9.99. The normalized spacial score (nSPS) is 22.3. The summed E-state index contributed by atoms with van der Waals surface area (Å²) in [4.78, 5) is 4.52. The Morgan fingerprint density at radius 3 is 2.78 bits per heavy atom. The molecule has 18 heavy (non-hydrogen) atoms. The molecule has 1 aromatic rings. The summed E-state index contributed by atoms with van der Waals surface area (Å²) in [6.07, 6.45) is 3.92. The van der Waals surface area contributed by atoms with E-state index >= 15 is 0 Å². The fraction of sp³-hybridized carbons (Fsp3) is 0.750. The van der Waals surface area contributed by atoms with Crippen LogP contribution in [0, 0.1) is 6.92 Å². The molecule has 0 aromatic carbocycles. The van der Waals surface area contributed by atoms with E-state index in [2.05, 4.69) is 4.98 Å². The number of sulfonamides is 1. The number of aryl methyl sites for hydroxylation is 2. The molecule has 1 fully saturated rings. The Hall–Kier alpha value is -0.880. The van der Waals surface area contributed by atoms with E-state index in [0.717, 1.165) is 24.4 Å². The molecule has 1 saturated heterocycles. The predicted molar refractivity (Wildman–Crippen MR) is 71.0 cm³/mol. The molecule has 0 amide bonds. The summed E-state index contributed by atoms with van der Waals surface area (Å²) in [7, 11) is -1.10. The molecule has 1 aromatic heterocycles. The van der Waals surface area contributed by atoms with Gasteiger partial charge in [0.1, 0.15) is 5.82 Å². The van der Waals surface area contributed by atoms with Gasteiger partial charge in [-0.05, 0) is 26.7 Å². The van der Waals surface area contributed by atoms with Crippen LogP contribution in [0.2, 0.25) is 0 Å². The zero-order chi connectivity index (χ0) is 13.3. The van der Waals surface area contributed by atoms with Crippen molar-refractivity contribution in [3.63, 3.8) is 0 Å². The summed E-state index contributed by atoms with van der Waals surface area (Å²) in [5.41, 5.74) is 0.989. The van der Waals surface area contributed by atoms with E-state index in [1.807, 2.05) is 24.7 Å². The van der Waals surface area contributed by atoms with E-state index < -0.39 is 10.0 Å². The van der Waals surface area contributed by atoms with Crippen LogP contribution in [-0.2, 0) is 17.1 Å². The lowest BCUT2D eigenvalue weighted by Crippen LogP contribution is -2.40. The van der Waals surface area contributed by atoms with Crippen molar-refractivity contribution in [2.75, 3.05) is 18.8 Å². The third kappa shape index (κ3) is 2.59. The number of hydrogen-bond acceptors (Lipinski definition) is 3. The highest BCUT2D eigenvalue weighted by molar-refractivity contribution is 7.89. The maximum Gasteiger partial charge on any atom is 0.213 e. The third-order valence-corrected chi connectivity index (χ3v) is 5.39. The summed E-state index contributed by atoms with van der Waals surface area (Å²) in [5, 5.41) is 0. The van der Waals surface area contributed by atoms with Gasteiger partial charge in [0, 0.05) is 32.3 Å². The second-order valence-electron chi connectivity index (χ2n) is 4.95. The number of hydrogen-bond donors (Lipinski definition) is 0. The largest absolute Gasteiger partial charge is 0.337 e. The van der Waals surface area contributed by atoms with Gasteiger partial charge in [-0.15, -0.1) is 0 Å². The molecule has 2 heterocycles. The third-order valence-electron chi connectivity index (χ3n) is 3.54. The maximum absolute atomic E-state index is 11.9.